The average Bonchev–Trinajstić information content (AvgIpc) is 3.31. The van der Waals surface area contributed by atoms with Crippen molar-refractivity contribution in [3.8, 4) is 40.0 Å². The fourth-order valence-electron chi connectivity index (χ4n) is 4.64. The molecule has 0 radical (unpaired) electrons. The molecule has 5 rings (SSSR count). The number of phenolic OH excluding ortho intramolecular Hbond substituents is 2. The summed E-state index contributed by atoms with van der Waals surface area (Å²) in [4.78, 5) is 9.09. The van der Waals surface area contributed by atoms with Gasteiger partial charge in [0.05, 0.1) is 5.56 Å². The van der Waals surface area contributed by atoms with Gasteiger partial charge in [0, 0.05) is 62.4 Å². The van der Waals surface area contributed by atoms with Crippen LogP contribution in [0, 0.1) is 0 Å². The lowest BCUT2D eigenvalue weighted by Gasteiger charge is -2.32. The molecule has 1 aliphatic rings. The highest BCUT2D eigenvalue weighted by Gasteiger charge is 2.22. The summed E-state index contributed by atoms with van der Waals surface area (Å²) in [5, 5.41) is 30.1. The standard InChI is InChI=1S/C28H32N6O2/c1-19(2)23-15-24(26(36)16-25(23)35)28-31-30-27(21-5-4-10-29-17-21)34(28)22-8-6-20(7-9-22)18-33-13-11-32(3)12-14-33/h4-10,15-17,19,35-36H,11-14,18H2,1-3H3. The van der Waals surface area contributed by atoms with Gasteiger partial charge in [-0.3, -0.25) is 14.5 Å². The van der Waals surface area contributed by atoms with Crippen LogP contribution in [0.1, 0.15) is 30.9 Å². The number of piperazine rings is 1. The van der Waals surface area contributed by atoms with Gasteiger partial charge in [0.25, 0.3) is 0 Å². The lowest BCUT2D eigenvalue weighted by atomic mass is 9.98. The summed E-state index contributed by atoms with van der Waals surface area (Å²) >= 11 is 0. The van der Waals surface area contributed by atoms with Gasteiger partial charge < -0.3 is 15.1 Å². The highest BCUT2D eigenvalue weighted by Crippen LogP contribution is 2.39. The van der Waals surface area contributed by atoms with E-state index in [1.807, 2.05) is 30.5 Å². The van der Waals surface area contributed by atoms with E-state index < -0.39 is 0 Å². The molecule has 2 aromatic carbocycles. The molecule has 1 saturated heterocycles. The van der Waals surface area contributed by atoms with Crippen molar-refractivity contribution < 1.29 is 10.2 Å². The van der Waals surface area contributed by atoms with E-state index in [1.165, 1.54) is 11.6 Å². The molecule has 4 aromatic rings. The number of likely N-dealkylation sites (N-methyl/N-ethyl adjacent to an activating group) is 1. The maximum Gasteiger partial charge on any atom is 0.172 e. The Balaban J connectivity index is 1.56. The molecule has 36 heavy (non-hydrogen) atoms. The van der Waals surface area contributed by atoms with Crippen LogP contribution >= 0.6 is 0 Å². The third-order valence-electron chi connectivity index (χ3n) is 6.79. The molecule has 0 aliphatic carbocycles. The quantitative estimate of drug-likeness (QED) is 0.422. The van der Waals surface area contributed by atoms with Gasteiger partial charge in [-0.15, -0.1) is 10.2 Å². The molecule has 1 fully saturated rings. The van der Waals surface area contributed by atoms with Gasteiger partial charge in [-0.1, -0.05) is 26.0 Å². The monoisotopic (exact) mass is 484 g/mol. The molecule has 3 heterocycles. The third kappa shape index (κ3) is 4.82. The molecule has 0 bridgehead atoms. The van der Waals surface area contributed by atoms with Crippen molar-refractivity contribution >= 4 is 0 Å². The first kappa shape index (κ1) is 24.0. The summed E-state index contributed by atoms with van der Waals surface area (Å²) in [5.74, 6) is 1.23. The van der Waals surface area contributed by atoms with Crippen molar-refractivity contribution in [2.45, 2.75) is 26.3 Å². The second-order valence-electron chi connectivity index (χ2n) is 9.75. The van der Waals surface area contributed by atoms with Gasteiger partial charge in [0.1, 0.15) is 11.5 Å². The van der Waals surface area contributed by atoms with E-state index in [-0.39, 0.29) is 17.4 Å². The first-order valence-electron chi connectivity index (χ1n) is 12.3. The van der Waals surface area contributed by atoms with Crippen LogP contribution in [-0.2, 0) is 6.54 Å². The maximum absolute atomic E-state index is 10.8. The molecule has 186 valence electrons. The predicted octanol–water partition coefficient (Wildman–Crippen LogP) is 4.28. The van der Waals surface area contributed by atoms with E-state index in [2.05, 4.69) is 56.3 Å². The number of aromatic nitrogens is 4. The fourth-order valence-corrected chi connectivity index (χ4v) is 4.64. The molecule has 2 aromatic heterocycles. The smallest absolute Gasteiger partial charge is 0.172 e. The molecule has 0 spiro atoms. The maximum atomic E-state index is 10.8. The Morgan fingerprint density at radius 2 is 1.61 bits per heavy atom. The zero-order chi connectivity index (χ0) is 25.2. The second-order valence-corrected chi connectivity index (χ2v) is 9.75. The van der Waals surface area contributed by atoms with Crippen LogP contribution in [0.2, 0.25) is 0 Å². The summed E-state index contributed by atoms with van der Waals surface area (Å²) in [6.45, 7) is 9.22. The molecular formula is C28H32N6O2. The van der Waals surface area contributed by atoms with Gasteiger partial charge >= 0.3 is 0 Å². The number of benzene rings is 2. The van der Waals surface area contributed by atoms with Crippen molar-refractivity contribution in [1.82, 2.24) is 29.5 Å². The predicted molar refractivity (Wildman–Crippen MR) is 140 cm³/mol. The van der Waals surface area contributed by atoms with Crippen molar-refractivity contribution in [1.29, 1.82) is 0 Å². The van der Waals surface area contributed by atoms with Gasteiger partial charge in [0.15, 0.2) is 11.6 Å². The molecule has 2 N–H and O–H groups in total. The SMILES string of the molecule is CC(C)c1cc(-c2nnc(-c3cccnc3)n2-c2ccc(CN3CCN(C)CC3)cc2)c(O)cc1O. The summed E-state index contributed by atoms with van der Waals surface area (Å²) in [6, 6.07) is 15.4. The Bertz CT molecular complexity index is 1330. The fraction of sp³-hybridized carbons (Fsp3) is 0.321. The number of hydrogen-bond acceptors (Lipinski definition) is 7. The largest absolute Gasteiger partial charge is 0.508 e. The van der Waals surface area contributed by atoms with E-state index in [0.29, 0.717) is 17.2 Å². The minimum Gasteiger partial charge on any atom is -0.508 e. The van der Waals surface area contributed by atoms with Crippen LogP contribution < -0.4 is 0 Å². The Morgan fingerprint density at radius 1 is 0.889 bits per heavy atom. The van der Waals surface area contributed by atoms with Crippen molar-refractivity contribution in [2.75, 3.05) is 33.2 Å². The van der Waals surface area contributed by atoms with E-state index in [4.69, 9.17) is 0 Å². The zero-order valence-electron chi connectivity index (χ0n) is 21.0. The summed E-state index contributed by atoms with van der Waals surface area (Å²) < 4.78 is 1.94. The summed E-state index contributed by atoms with van der Waals surface area (Å²) in [6.07, 6.45) is 3.47. The van der Waals surface area contributed by atoms with Crippen LogP contribution in [0.3, 0.4) is 0 Å². The van der Waals surface area contributed by atoms with Crippen LogP contribution in [-0.4, -0.2) is 73.0 Å². The highest BCUT2D eigenvalue weighted by atomic mass is 16.3. The van der Waals surface area contributed by atoms with Crippen LogP contribution in [0.4, 0.5) is 0 Å². The Kier molecular flexibility index (Phi) is 6.71. The zero-order valence-corrected chi connectivity index (χ0v) is 21.0. The number of aromatic hydroxyl groups is 2. The number of pyridine rings is 1. The van der Waals surface area contributed by atoms with E-state index in [0.717, 1.165) is 49.5 Å². The lowest BCUT2D eigenvalue weighted by Crippen LogP contribution is -2.43. The van der Waals surface area contributed by atoms with Crippen LogP contribution in [0.25, 0.3) is 28.5 Å². The Labute approximate surface area is 211 Å². The Morgan fingerprint density at radius 3 is 2.28 bits per heavy atom. The molecule has 0 unspecified atom stereocenters. The Hall–Kier alpha value is -3.75. The van der Waals surface area contributed by atoms with Crippen LogP contribution in [0.5, 0.6) is 11.5 Å². The van der Waals surface area contributed by atoms with Gasteiger partial charge in [0.2, 0.25) is 0 Å². The first-order chi connectivity index (χ1) is 17.4. The third-order valence-corrected chi connectivity index (χ3v) is 6.79. The highest BCUT2D eigenvalue weighted by molar-refractivity contribution is 5.72. The van der Waals surface area contributed by atoms with Gasteiger partial charge in [-0.2, -0.15) is 0 Å². The van der Waals surface area contributed by atoms with Crippen molar-refractivity contribution in [3.05, 3.63) is 72.1 Å². The molecule has 8 nitrogen and oxygen atoms in total. The minimum atomic E-state index is -0.0463. The average molecular weight is 485 g/mol. The second kappa shape index (κ2) is 10.1. The van der Waals surface area contributed by atoms with E-state index in [9.17, 15) is 10.2 Å². The topological polar surface area (TPSA) is 90.5 Å². The number of rotatable bonds is 6. The van der Waals surface area contributed by atoms with Gasteiger partial charge in [-0.05, 0) is 54.4 Å². The lowest BCUT2D eigenvalue weighted by molar-refractivity contribution is 0.148. The van der Waals surface area contributed by atoms with E-state index >= 15 is 0 Å². The van der Waals surface area contributed by atoms with E-state index in [1.54, 1.807) is 18.5 Å². The first-order valence-corrected chi connectivity index (χ1v) is 12.3. The summed E-state index contributed by atoms with van der Waals surface area (Å²) in [5.41, 5.74) is 4.20. The minimum absolute atomic E-state index is 0.0463. The van der Waals surface area contributed by atoms with Gasteiger partial charge in [-0.25, -0.2) is 0 Å². The molecule has 0 atom stereocenters. The number of phenols is 2. The molecule has 0 amide bonds. The van der Waals surface area contributed by atoms with Crippen molar-refractivity contribution in [3.63, 3.8) is 0 Å². The molecule has 0 saturated carbocycles. The molecule has 8 heteroatoms. The number of hydrogen-bond donors (Lipinski definition) is 2. The summed E-state index contributed by atoms with van der Waals surface area (Å²) in [7, 11) is 2.17. The molecular weight excluding hydrogens is 452 g/mol. The van der Waals surface area contributed by atoms with Crippen LogP contribution in [0.15, 0.2) is 60.9 Å². The van der Waals surface area contributed by atoms with Crippen molar-refractivity contribution in [2.24, 2.45) is 0 Å². The molecule has 1 aliphatic heterocycles. The number of nitrogens with zero attached hydrogens (tertiary/aromatic N) is 6. The normalized spacial score (nSPS) is 15.0.